The lowest BCUT2D eigenvalue weighted by Gasteiger charge is -2.37. The van der Waals surface area contributed by atoms with Crippen molar-refractivity contribution >= 4 is 17.8 Å². The zero-order valence-electron chi connectivity index (χ0n) is 11.1. The van der Waals surface area contributed by atoms with Crippen LogP contribution in [0.5, 0.6) is 0 Å². The Balaban J connectivity index is 2.12. The fraction of sp³-hybridized carbons (Fsp3) is 0.769. The van der Waals surface area contributed by atoms with Crippen LogP contribution >= 0.6 is 0 Å². The summed E-state index contributed by atoms with van der Waals surface area (Å²) in [4.78, 5) is 36.9. The number of carbonyl (C=O) groups is 3. The number of carboxylic acids is 1. The van der Waals surface area contributed by atoms with Gasteiger partial charge >= 0.3 is 5.97 Å². The van der Waals surface area contributed by atoms with Crippen LogP contribution in [-0.2, 0) is 14.4 Å². The first-order valence-corrected chi connectivity index (χ1v) is 6.83. The summed E-state index contributed by atoms with van der Waals surface area (Å²) in [5.41, 5.74) is 0. The Kier molecular flexibility index (Phi) is 4.07. The smallest absolute Gasteiger partial charge is 0.307 e. The van der Waals surface area contributed by atoms with Crippen molar-refractivity contribution < 1.29 is 19.5 Å². The van der Waals surface area contributed by atoms with Crippen LogP contribution < -0.4 is 5.32 Å². The van der Waals surface area contributed by atoms with E-state index < -0.39 is 23.8 Å². The normalized spacial score (nSPS) is 31.7. The van der Waals surface area contributed by atoms with Crippen molar-refractivity contribution in [1.29, 1.82) is 0 Å². The van der Waals surface area contributed by atoms with E-state index >= 15 is 0 Å². The first kappa shape index (κ1) is 13.8. The number of carbonyl (C=O) groups excluding carboxylic acids is 2. The highest BCUT2D eigenvalue weighted by atomic mass is 16.4. The molecular weight excluding hydrogens is 248 g/mol. The molecule has 2 amide bonds. The summed E-state index contributed by atoms with van der Waals surface area (Å²) < 4.78 is 0. The second kappa shape index (κ2) is 5.59. The third-order valence-corrected chi connectivity index (χ3v) is 4.18. The van der Waals surface area contributed by atoms with Crippen molar-refractivity contribution in [3.63, 3.8) is 0 Å². The Morgan fingerprint density at radius 1 is 1.26 bits per heavy atom. The summed E-state index contributed by atoms with van der Waals surface area (Å²) in [7, 11) is 0. The van der Waals surface area contributed by atoms with Gasteiger partial charge in [0.05, 0.1) is 11.8 Å². The van der Waals surface area contributed by atoms with E-state index in [1.54, 1.807) is 6.92 Å². The summed E-state index contributed by atoms with van der Waals surface area (Å²) in [6, 6.07) is -0.502. The van der Waals surface area contributed by atoms with Gasteiger partial charge < -0.3 is 15.3 Å². The molecule has 6 heteroatoms. The molecule has 19 heavy (non-hydrogen) atoms. The van der Waals surface area contributed by atoms with Crippen molar-refractivity contribution in [2.24, 2.45) is 11.8 Å². The molecule has 1 saturated carbocycles. The van der Waals surface area contributed by atoms with E-state index in [1.807, 2.05) is 0 Å². The Morgan fingerprint density at radius 3 is 2.53 bits per heavy atom. The summed E-state index contributed by atoms with van der Waals surface area (Å²) in [6.07, 6.45) is 2.91. The number of aliphatic carboxylic acids is 1. The molecule has 2 rings (SSSR count). The Hall–Kier alpha value is -1.59. The molecule has 0 aromatic heterocycles. The van der Waals surface area contributed by atoms with E-state index in [-0.39, 0.29) is 11.8 Å². The highest BCUT2D eigenvalue weighted by molar-refractivity contribution is 5.91. The molecule has 2 aliphatic rings. The van der Waals surface area contributed by atoms with E-state index in [2.05, 4.69) is 5.32 Å². The Bertz CT molecular complexity index is 396. The molecule has 6 nitrogen and oxygen atoms in total. The highest BCUT2D eigenvalue weighted by Gasteiger charge is 2.40. The number of carboxylic acid groups (broad SMARTS) is 1. The van der Waals surface area contributed by atoms with Gasteiger partial charge in [-0.05, 0) is 19.8 Å². The van der Waals surface area contributed by atoms with Crippen molar-refractivity contribution in [1.82, 2.24) is 10.2 Å². The lowest BCUT2D eigenvalue weighted by Crippen LogP contribution is -2.58. The second-order valence-corrected chi connectivity index (χ2v) is 5.33. The minimum Gasteiger partial charge on any atom is -0.481 e. The molecule has 3 atom stereocenters. The molecule has 1 heterocycles. The lowest BCUT2D eigenvalue weighted by molar-refractivity contribution is -0.155. The van der Waals surface area contributed by atoms with Crippen molar-refractivity contribution in [2.75, 3.05) is 13.1 Å². The summed E-state index contributed by atoms with van der Waals surface area (Å²) in [5.74, 6) is -2.30. The van der Waals surface area contributed by atoms with Gasteiger partial charge in [-0.1, -0.05) is 12.8 Å². The Morgan fingerprint density at radius 2 is 1.89 bits per heavy atom. The molecule has 2 fully saturated rings. The molecule has 0 spiro atoms. The van der Waals surface area contributed by atoms with Crippen LogP contribution in [0.2, 0.25) is 0 Å². The maximum absolute atomic E-state index is 12.5. The van der Waals surface area contributed by atoms with Crippen molar-refractivity contribution in [3.05, 3.63) is 0 Å². The maximum Gasteiger partial charge on any atom is 0.307 e. The van der Waals surface area contributed by atoms with Gasteiger partial charge in [-0.3, -0.25) is 14.4 Å². The van der Waals surface area contributed by atoms with Gasteiger partial charge in [-0.2, -0.15) is 0 Å². The third kappa shape index (κ3) is 2.72. The van der Waals surface area contributed by atoms with Gasteiger partial charge in [0.15, 0.2) is 0 Å². The molecule has 1 aliphatic carbocycles. The standard InChI is InChI=1S/C13H20N2O4/c1-8-11(16)14-6-7-15(8)12(17)9-4-2-3-5-10(9)13(18)19/h8-10H,2-7H2,1H3,(H,14,16)(H,18,19). The predicted octanol–water partition coefficient (Wildman–Crippen LogP) is 0.224. The fourth-order valence-electron chi connectivity index (χ4n) is 3.02. The first-order chi connectivity index (χ1) is 9.02. The van der Waals surface area contributed by atoms with Crippen LogP contribution in [0.3, 0.4) is 0 Å². The summed E-state index contributed by atoms with van der Waals surface area (Å²) >= 11 is 0. The largest absolute Gasteiger partial charge is 0.481 e. The summed E-state index contributed by atoms with van der Waals surface area (Å²) in [5, 5.41) is 11.9. The molecule has 2 N–H and O–H groups in total. The maximum atomic E-state index is 12.5. The average Bonchev–Trinajstić information content (AvgIpc) is 2.41. The second-order valence-electron chi connectivity index (χ2n) is 5.33. The van der Waals surface area contributed by atoms with E-state index in [1.165, 1.54) is 4.90 Å². The van der Waals surface area contributed by atoms with E-state index in [0.29, 0.717) is 25.9 Å². The lowest BCUT2D eigenvalue weighted by atomic mass is 9.78. The van der Waals surface area contributed by atoms with Gasteiger partial charge in [0.25, 0.3) is 0 Å². The molecule has 0 aromatic carbocycles. The molecule has 1 aliphatic heterocycles. The number of amides is 2. The molecule has 0 bridgehead atoms. The number of hydrogen-bond acceptors (Lipinski definition) is 3. The quantitative estimate of drug-likeness (QED) is 0.750. The first-order valence-electron chi connectivity index (χ1n) is 6.83. The molecular formula is C13H20N2O4. The average molecular weight is 268 g/mol. The van der Waals surface area contributed by atoms with Crippen molar-refractivity contribution in [2.45, 2.75) is 38.6 Å². The van der Waals surface area contributed by atoms with Gasteiger partial charge in [-0.25, -0.2) is 0 Å². The topological polar surface area (TPSA) is 86.7 Å². The van der Waals surface area contributed by atoms with Crippen LogP contribution in [-0.4, -0.2) is 46.9 Å². The summed E-state index contributed by atoms with van der Waals surface area (Å²) in [6.45, 7) is 2.60. The fourth-order valence-corrected chi connectivity index (χ4v) is 3.02. The van der Waals surface area contributed by atoms with Gasteiger partial charge in [-0.15, -0.1) is 0 Å². The van der Waals surface area contributed by atoms with Crippen molar-refractivity contribution in [3.8, 4) is 0 Å². The zero-order valence-corrected chi connectivity index (χ0v) is 11.1. The van der Waals surface area contributed by atoms with Crippen LogP contribution in [0, 0.1) is 11.8 Å². The number of rotatable bonds is 2. The van der Waals surface area contributed by atoms with Crippen LogP contribution in [0.1, 0.15) is 32.6 Å². The van der Waals surface area contributed by atoms with E-state index in [9.17, 15) is 19.5 Å². The SMILES string of the molecule is CC1C(=O)NCCN1C(=O)C1CCCCC1C(=O)O. The van der Waals surface area contributed by atoms with Gasteiger partial charge in [0, 0.05) is 13.1 Å². The molecule has 0 radical (unpaired) electrons. The minimum atomic E-state index is -0.896. The highest BCUT2D eigenvalue weighted by Crippen LogP contribution is 2.32. The monoisotopic (exact) mass is 268 g/mol. The minimum absolute atomic E-state index is 0.165. The molecule has 3 unspecified atom stereocenters. The molecule has 1 saturated heterocycles. The van der Waals surface area contributed by atoms with E-state index in [4.69, 9.17) is 0 Å². The number of piperazine rings is 1. The van der Waals surface area contributed by atoms with Crippen LogP contribution in [0.4, 0.5) is 0 Å². The number of hydrogen-bond donors (Lipinski definition) is 2. The predicted molar refractivity (Wildman–Crippen MR) is 67.3 cm³/mol. The Labute approximate surface area is 112 Å². The number of nitrogens with zero attached hydrogens (tertiary/aromatic N) is 1. The molecule has 106 valence electrons. The van der Waals surface area contributed by atoms with Crippen LogP contribution in [0.15, 0.2) is 0 Å². The van der Waals surface area contributed by atoms with Gasteiger partial charge in [0.2, 0.25) is 11.8 Å². The van der Waals surface area contributed by atoms with Crippen LogP contribution in [0.25, 0.3) is 0 Å². The molecule has 0 aromatic rings. The van der Waals surface area contributed by atoms with E-state index in [0.717, 1.165) is 12.8 Å². The third-order valence-electron chi connectivity index (χ3n) is 4.18. The van der Waals surface area contributed by atoms with Gasteiger partial charge in [0.1, 0.15) is 6.04 Å². The number of nitrogens with one attached hydrogen (secondary N) is 1. The zero-order chi connectivity index (χ0) is 14.0.